The van der Waals surface area contributed by atoms with E-state index in [1.54, 1.807) is 0 Å². The minimum Gasteiger partial charge on any atom is -0.394 e. The Morgan fingerprint density at radius 2 is 0.852 bits per heavy atom. The monoisotopic (exact) mass is 894 g/mol. The highest BCUT2D eigenvalue weighted by molar-refractivity contribution is 5.73. The average Bonchev–Trinajstić information content (AvgIpc) is 3.22. The van der Waals surface area contributed by atoms with Crippen molar-refractivity contribution < 1.29 is 124 Å². The first-order valence-corrected chi connectivity index (χ1v) is 19.5. The van der Waals surface area contributed by atoms with E-state index in [9.17, 15) is 81.1 Å². The van der Waals surface area contributed by atoms with Gasteiger partial charge in [0.15, 0.2) is 31.5 Å². The maximum atomic E-state index is 12.8. The average molecular weight is 895 g/mol. The van der Waals surface area contributed by atoms with Crippen LogP contribution in [0.25, 0.3) is 0 Å². The van der Waals surface area contributed by atoms with E-state index in [-0.39, 0.29) is 0 Å². The fourth-order valence-corrected chi connectivity index (χ4v) is 7.77. The minimum atomic E-state index is -2.14. The van der Waals surface area contributed by atoms with Crippen LogP contribution >= 0.6 is 0 Å². The molecule has 27 heteroatoms. The van der Waals surface area contributed by atoms with Crippen LogP contribution in [0, 0.1) is 0 Å². The van der Waals surface area contributed by atoms with Gasteiger partial charge in [0.05, 0.1) is 32.5 Å². The van der Waals surface area contributed by atoms with Crippen LogP contribution < -0.4 is 10.6 Å². The zero-order valence-electron chi connectivity index (χ0n) is 33.0. The van der Waals surface area contributed by atoms with Crippen LogP contribution in [0.15, 0.2) is 0 Å². The van der Waals surface area contributed by atoms with Crippen molar-refractivity contribution in [1.29, 1.82) is 0 Å². The summed E-state index contributed by atoms with van der Waals surface area (Å²) in [5, 5.41) is 153. The molecule has 0 aromatic rings. The number of aliphatic hydroxyl groups excluding tert-OH is 14. The topological polar surface area (TPSA) is 424 Å². The fraction of sp³-hybridized carbons (Fsp3) is 0.941. The maximum absolute atomic E-state index is 12.8. The van der Waals surface area contributed by atoms with Crippen LogP contribution in [-0.4, -0.2) is 263 Å². The van der Waals surface area contributed by atoms with Crippen LogP contribution in [0.3, 0.4) is 0 Å². The molecule has 5 aliphatic heterocycles. The first-order chi connectivity index (χ1) is 28.8. The fourth-order valence-electron chi connectivity index (χ4n) is 7.77. The molecule has 5 aliphatic rings. The number of rotatable bonds is 14. The summed E-state index contributed by atoms with van der Waals surface area (Å²) < 4.78 is 52.0. The number of ether oxygens (including phenoxy) is 9. The highest BCUT2D eigenvalue weighted by atomic mass is 16.8. The third kappa shape index (κ3) is 10.8. The molecule has 5 fully saturated rings. The van der Waals surface area contributed by atoms with Gasteiger partial charge in [-0.25, -0.2) is 0 Å². The molecular weight excluding hydrogens is 836 g/mol. The molecule has 5 heterocycles. The van der Waals surface area contributed by atoms with E-state index in [1.165, 1.54) is 6.92 Å². The maximum Gasteiger partial charge on any atom is 0.217 e. The molecule has 5 rings (SSSR count). The predicted octanol–water partition coefficient (Wildman–Crippen LogP) is -10.6. The molecule has 0 aromatic heterocycles. The molecule has 25 atom stereocenters. The van der Waals surface area contributed by atoms with E-state index < -0.39 is 192 Å². The second-order valence-corrected chi connectivity index (χ2v) is 15.4. The van der Waals surface area contributed by atoms with Crippen LogP contribution in [0.1, 0.15) is 20.8 Å². The van der Waals surface area contributed by atoms with Crippen molar-refractivity contribution in [3.05, 3.63) is 0 Å². The van der Waals surface area contributed by atoms with Gasteiger partial charge in [-0.1, -0.05) is 0 Å². The molecule has 0 bridgehead atoms. The van der Waals surface area contributed by atoms with Crippen molar-refractivity contribution in [2.75, 3.05) is 26.4 Å². The van der Waals surface area contributed by atoms with E-state index in [4.69, 9.17) is 42.6 Å². The third-order valence-electron chi connectivity index (χ3n) is 11.1. The first kappa shape index (κ1) is 50.0. The molecule has 5 saturated heterocycles. The minimum absolute atomic E-state index is 0.698. The number of carbonyl (C=O) groups excluding carboxylic acids is 2. The van der Waals surface area contributed by atoms with Gasteiger partial charge < -0.3 is 125 Å². The highest BCUT2D eigenvalue weighted by Crippen LogP contribution is 2.37. The highest BCUT2D eigenvalue weighted by Gasteiger charge is 2.58. The summed E-state index contributed by atoms with van der Waals surface area (Å²) in [6.07, 6.45) is -41.6. The Morgan fingerprint density at radius 3 is 1.41 bits per heavy atom. The summed E-state index contributed by atoms with van der Waals surface area (Å²) in [6, 6.07) is -3.28. The molecule has 0 radical (unpaired) electrons. The Hall–Kier alpha value is -1.98. The van der Waals surface area contributed by atoms with Gasteiger partial charge in [0.2, 0.25) is 11.8 Å². The molecule has 61 heavy (non-hydrogen) atoms. The van der Waals surface area contributed by atoms with E-state index in [0.717, 1.165) is 13.8 Å². The first-order valence-electron chi connectivity index (χ1n) is 19.5. The molecule has 1 unspecified atom stereocenters. The molecule has 354 valence electrons. The lowest BCUT2D eigenvalue weighted by Gasteiger charge is -2.51. The number of hydrogen-bond acceptors (Lipinski definition) is 25. The molecule has 0 aliphatic carbocycles. The predicted molar refractivity (Wildman–Crippen MR) is 188 cm³/mol. The van der Waals surface area contributed by atoms with E-state index in [2.05, 4.69) is 10.6 Å². The van der Waals surface area contributed by atoms with Gasteiger partial charge in [0.1, 0.15) is 116 Å². The number of nitrogens with one attached hydrogen (secondary N) is 2. The van der Waals surface area contributed by atoms with Crippen molar-refractivity contribution >= 4 is 11.8 Å². The Bertz CT molecular complexity index is 1420. The van der Waals surface area contributed by atoms with Crippen LogP contribution in [0.2, 0.25) is 0 Å². The summed E-state index contributed by atoms with van der Waals surface area (Å²) in [4.78, 5) is 24.6. The second-order valence-electron chi connectivity index (χ2n) is 15.4. The van der Waals surface area contributed by atoms with Gasteiger partial charge >= 0.3 is 0 Å². The Labute approximate surface area is 346 Å². The number of amides is 2. The lowest BCUT2D eigenvalue weighted by molar-refractivity contribution is -0.390. The van der Waals surface area contributed by atoms with E-state index >= 15 is 0 Å². The lowest BCUT2D eigenvalue weighted by atomic mass is 9.93. The summed E-state index contributed by atoms with van der Waals surface area (Å²) in [5.41, 5.74) is 0. The zero-order valence-corrected chi connectivity index (χ0v) is 33.0. The molecule has 27 nitrogen and oxygen atoms in total. The Morgan fingerprint density at radius 1 is 0.426 bits per heavy atom. The number of carbonyl (C=O) groups is 2. The standard InChI is InChI=1S/C34H58N2O25/c1-8-17(43)21(47)23(49)32(53-8)59-27-14(7-40)57-31(16(36-10(3)42)28(27)60-33-24(50)22(48)18(44)11(4-37)55-33)61-29-19(45)12(5-38)56-34(25(29)51)58-26-13(6-39)54-30(52)15(20(26)46)35-9(2)41/h8,11-34,37-40,43-52H,4-7H2,1-3H3,(H,35,41)(H,36,42)/t8-,11+,12+,13+,14+,15+,16+,17+,18-,19-,20+,21+,22-,23-,24+,25+,26+,27+,28+,29-,30?,31-,32-,33-,34-/m0/s1. The summed E-state index contributed by atoms with van der Waals surface area (Å²) in [7, 11) is 0. The van der Waals surface area contributed by atoms with Gasteiger partial charge in [-0.15, -0.1) is 0 Å². The van der Waals surface area contributed by atoms with Crippen LogP contribution in [0.5, 0.6) is 0 Å². The molecule has 2 amide bonds. The quantitative estimate of drug-likeness (QED) is 0.0770. The smallest absolute Gasteiger partial charge is 0.217 e. The van der Waals surface area contributed by atoms with Gasteiger partial charge in [0, 0.05) is 13.8 Å². The third-order valence-corrected chi connectivity index (χ3v) is 11.1. The number of hydrogen-bond donors (Lipinski definition) is 16. The van der Waals surface area contributed by atoms with Gasteiger partial charge in [0.25, 0.3) is 0 Å². The molecular formula is C34H58N2O25. The van der Waals surface area contributed by atoms with Gasteiger partial charge in [-0.3, -0.25) is 9.59 Å². The van der Waals surface area contributed by atoms with Crippen molar-refractivity contribution in [3.63, 3.8) is 0 Å². The summed E-state index contributed by atoms with van der Waals surface area (Å²) >= 11 is 0. The van der Waals surface area contributed by atoms with Crippen molar-refractivity contribution in [2.45, 2.75) is 174 Å². The largest absolute Gasteiger partial charge is 0.394 e. The normalized spacial score (nSPS) is 49.6. The molecule has 0 aromatic carbocycles. The molecule has 0 spiro atoms. The lowest BCUT2D eigenvalue weighted by Crippen LogP contribution is -2.71. The summed E-state index contributed by atoms with van der Waals surface area (Å²) in [6.45, 7) is -0.314. The molecule has 0 saturated carbocycles. The van der Waals surface area contributed by atoms with E-state index in [1.807, 2.05) is 0 Å². The van der Waals surface area contributed by atoms with Gasteiger partial charge in [-0.05, 0) is 6.92 Å². The van der Waals surface area contributed by atoms with Crippen molar-refractivity contribution in [3.8, 4) is 0 Å². The van der Waals surface area contributed by atoms with Gasteiger partial charge in [-0.2, -0.15) is 0 Å². The summed E-state index contributed by atoms with van der Waals surface area (Å²) in [5.74, 6) is -1.54. The van der Waals surface area contributed by atoms with Crippen molar-refractivity contribution in [2.24, 2.45) is 0 Å². The van der Waals surface area contributed by atoms with Crippen LogP contribution in [0.4, 0.5) is 0 Å². The zero-order chi connectivity index (χ0) is 45.2. The van der Waals surface area contributed by atoms with E-state index in [0.29, 0.717) is 0 Å². The number of aliphatic hydroxyl groups is 14. The van der Waals surface area contributed by atoms with Crippen LogP contribution in [-0.2, 0) is 52.2 Å². The Kier molecular flexibility index (Phi) is 17.5. The van der Waals surface area contributed by atoms with Crippen molar-refractivity contribution in [1.82, 2.24) is 10.6 Å². The Balaban J connectivity index is 1.50. The second kappa shape index (κ2) is 21.3. The SMILES string of the molecule is CC(=O)N[C@H]1[C@H](O[C@H]2[C@@H](O)[C@@H](CO)O[C@@H](O[C@H]3[C@H](O)[C@@H](NC(C)=O)C(O)O[C@@H]3CO)[C@@H]2O)O[C@H](CO)[C@@H](O[C@@H]2O[C@@H](C)[C@@H](O)[C@@H](O)[C@@H]2O)[C@@H]1O[C@@H]1O[C@H](CO)[C@H](O)[C@H](O)[C@H]1O. The molecule has 16 N–H and O–H groups in total.